The predicted octanol–water partition coefficient (Wildman–Crippen LogP) is 3.87. The van der Waals surface area contributed by atoms with E-state index in [-0.39, 0.29) is 17.1 Å². The van der Waals surface area contributed by atoms with Gasteiger partial charge in [0, 0.05) is 14.1 Å². The fraction of sp³-hybridized carbons (Fsp3) is 0.217. The zero-order valence-electron chi connectivity index (χ0n) is 17.8. The third-order valence-corrected chi connectivity index (χ3v) is 6.27. The molecule has 0 saturated heterocycles. The zero-order chi connectivity index (χ0) is 22.1. The van der Waals surface area contributed by atoms with Crippen LogP contribution in [0.3, 0.4) is 0 Å². The number of Topliss-reactive ketones (excluding diaryl/α,β-unsaturated/α-hetero) is 1. The van der Waals surface area contributed by atoms with Crippen LogP contribution in [-0.2, 0) is 4.79 Å². The van der Waals surface area contributed by atoms with Gasteiger partial charge in [0.15, 0.2) is 10.9 Å². The summed E-state index contributed by atoms with van der Waals surface area (Å²) in [7, 11) is 3.74. The van der Waals surface area contributed by atoms with E-state index in [9.17, 15) is 10.1 Å². The zero-order valence-corrected chi connectivity index (χ0v) is 18.6. The third-order valence-electron chi connectivity index (χ3n) is 5.34. The molecule has 8 heteroatoms. The van der Waals surface area contributed by atoms with Crippen molar-refractivity contribution >= 4 is 28.9 Å². The van der Waals surface area contributed by atoms with E-state index in [1.165, 1.54) is 11.8 Å². The van der Waals surface area contributed by atoms with E-state index >= 15 is 0 Å². The lowest BCUT2D eigenvalue weighted by Gasteiger charge is -2.19. The Hall–Kier alpha value is -3.57. The van der Waals surface area contributed by atoms with Crippen LogP contribution >= 0.6 is 11.8 Å². The van der Waals surface area contributed by atoms with Gasteiger partial charge < -0.3 is 9.80 Å². The van der Waals surface area contributed by atoms with Crippen molar-refractivity contribution in [2.45, 2.75) is 19.0 Å². The highest BCUT2D eigenvalue weighted by molar-refractivity contribution is 7.99. The summed E-state index contributed by atoms with van der Waals surface area (Å²) in [6.45, 7) is 3.91. The van der Waals surface area contributed by atoms with Crippen LogP contribution in [0.25, 0.3) is 5.69 Å². The van der Waals surface area contributed by atoms with E-state index in [1.54, 1.807) is 0 Å². The highest BCUT2D eigenvalue weighted by Crippen LogP contribution is 2.40. The fourth-order valence-electron chi connectivity index (χ4n) is 3.79. The number of allylic oxidation sites excluding steroid dienone is 1. The molecule has 0 saturated carbocycles. The number of thioether (sulfide) groups is 1. The number of nitrogens with zero attached hydrogens (tertiary/aromatic N) is 6. The van der Waals surface area contributed by atoms with E-state index in [2.05, 4.69) is 16.3 Å². The molecule has 3 aromatic rings. The number of aromatic nitrogens is 3. The van der Waals surface area contributed by atoms with Crippen molar-refractivity contribution in [3.05, 3.63) is 71.3 Å². The number of rotatable bonds is 5. The molecule has 0 bridgehead atoms. The van der Waals surface area contributed by atoms with Crippen molar-refractivity contribution in [1.82, 2.24) is 14.8 Å². The summed E-state index contributed by atoms with van der Waals surface area (Å²) in [6.07, 6.45) is 0. The Bertz CT molecular complexity index is 1210. The standard InChI is InChI=1S/C23H22N6OS/c1-15-9-5-6-10-18(15)29-16(2)25-26-23(29)31-14-21(30)17(13-24)22-27(3)19-11-7-8-12-20(19)28(22)4/h5-12H,14H2,1-4H3. The molecule has 7 nitrogen and oxygen atoms in total. The highest BCUT2D eigenvalue weighted by atomic mass is 32.2. The maximum atomic E-state index is 13.1. The molecule has 0 radical (unpaired) electrons. The minimum atomic E-state index is -0.244. The molecule has 0 aliphatic carbocycles. The van der Waals surface area contributed by atoms with E-state index in [1.807, 2.05) is 90.8 Å². The number of ketones is 1. The monoisotopic (exact) mass is 430 g/mol. The summed E-state index contributed by atoms with van der Waals surface area (Å²) in [5.74, 6) is 1.18. The van der Waals surface area contributed by atoms with Gasteiger partial charge in [-0.15, -0.1) is 10.2 Å². The maximum absolute atomic E-state index is 13.1. The predicted molar refractivity (Wildman–Crippen MR) is 122 cm³/mol. The van der Waals surface area contributed by atoms with Gasteiger partial charge in [0.2, 0.25) is 0 Å². The molecule has 0 fully saturated rings. The molecule has 1 aliphatic rings. The van der Waals surface area contributed by atoms with Gasteiger partial charge in [-0.1, -0.05) is 42.1 Å². The Balaban J connectivity index is 1.61. The summed E-state index contributed by atoms with van der Waals surface area (Å²) in [5.41, 5.74) is 4.12. The largest absolute Gasteiger partial charge is 0.328 e. The lowest BCUT2D eigenvalue weighted by atomic mass is 10.2. The highest BCUT2D eigenvalue weighted by Gasteiger charge is 2.31. The molecule has 2 aromatic carbocycles. The van der Waals surface area contributed by atoms with Crippen LogP contribution in [0, 0.1) is 25.2 Å². The second-order valence-corrected chi connectivity index (χ2v) is 8.22. The number of hydrogen-bond acceptors (Lipinski definition) is 7. The fourth-order valence-corrected chi connectivity index (χ4v) is 4.65. The second kappa shape index (κ2) is 8.28. The molecule has 1 aliphatic heterocycles. The van der Waals surface area contributed by atoms with Crippen LogP contribution in [0.4, 0.5) is 11.4 Å². The molecular weight excluding hydrogens is 408 g/mol. The lowest BCUT2D eigenvalue weighted by Crippen LogP contribution is -2.26. The summed E-state index contributed by atoms with van der Waals surface area (Å²) < 4.78 is 1.94. The number of aryl methyl sites for hydroxylation is 2. The van der Waals surface area contributed by atoms with Crippen LogP contribution in [0.2, 0.25) is 0 Å². The molecular formula is C23H22N6OS. The van der Waals surface area contributed by atoms with Crippen molar-refractivity contribution in [3.8, 4) is 11.8 Å². The number of fused-ring (bicyclic) bond motifs is 1. The summed E-state index contributed by atoms with van der Waals surface area (Å²) in [4.78, 5) is 16.9. The van der Waals surface area contributed by atoms with Gasteiger partial charge in [0.25, 0.3) is 0 Å². The first-order valence-electron chi connectivity index (χ1n) is 9.79. The quantitative estimate of drug-likeness (QED) is 0.345. The van der Waals surface area contributed by atoms with Crippen molar-refractivity contribution in [2.24, 2.45) is 0 Å². The van der Waals surface area contributed by atoms with Crippen molar-refractivity contribution in [3.63, 3.8) is 0 Å². The van der Waals surface area contributed by atoms with Crippen LogP contribution in [0.15, 0.2) is 65.1 Å². The molecule has 0 unspecified atom stereocenters. The SMILES string of the molecule is Cc1ccccc1-n1c(C)nnc1SCC(=O)C(C#N)=C1N(C)c2ccccc2N1C. The molecule has 0 atom stereocenters. The summed E-state index contributed by atoms with van der Waals surface area (Å²) in [6, 6.07) is 17.9. The van der Waals surface area contributed by atoms with Gasteiger partial charge in [0.1, 0.15) is 23.3 Å². The summed E-state index contributed by atoms with van der Waals surface area (Å²) >= 11 is 1.29. The van der Waals surface area contributed by atoms with Crippen LogP contribution in [0.1, 0.15) is 11.4 Å². The molecule has 0 spiro atoms. The van der Waals surface area contributed by atoms with Gasteiger partial charge in [-0.25, -0.2) is 0 Å². The minimum absolute atomic E-state index is 0.0917. The number of para-hydroxylation sites is 3. The van der Waals surface area contributed by atoms with E-state index in [4.69, 9.17) is 0 Å². The van der Waals surface area contributed by atoms with Crippen LogP contribution in [0.5, 0.6) is 0 Å². The van der Waals surface area contributed by atoms with Crippen molar-refractivity contribution in [1.29, 1.82) is 5.26 Å². The van der Waals surface area contributed by atoms with E-state index < -0.39 is 0 Å². The van der Waals surface area contributed by atoms with Crippen LogP contribution in [-0.4, -0.2) is 40.4 Å². The number of benzene rings is 2. The van der Waals surface area contributed by atoms with Gasteiger partial charge in [-0.3, -0.25) is 9.36 Å². The first kappa shape index (κ1) is 20.7. The first-order chi connectivity index (χ1) is 14.9. The molecule has 0 amide bonds. The molecule has 1 aromatic heterocycles. The van der Waals surface area contributed by atoms with Crippen LogP contribution < -0.4 is 9.80 Å². The van der Waals surface area contributed by atoms with Gasteiger partial charge in [0.05, 0.1) is 22.8 Å². The Morgan fingerprint density at radius 2 is 1.55 bits per heavy atom. The Labute approximate surface area is 185 Å². The Morgan fingerprint density at radius 3 is 2.13 bits per heavy atom. The maximum Gasteiger partial charge on any atom is 0.196 e. The molecule has 156 valence electrons. The second-order valence-electron chi connectivity index (χ2n) is 7.28. The Kier molecular flexibility index (Phi) is 5.53. The van der Waals surface area contributed by atoms with Gasteiger partial charge in [-0.05, 0) is 37.6 Å². The van der Waals surface area contributed by atoms with E-state index in [0.29, 0.717) is 11.0 Å². The number of carbonyl (C=O) groups is 1. The number of hydrogen-bond donors (Lipinski definition) is 0. The molecule has 0 N–H and O–H groups in total. The smallest absolute Gasteiger partial charge is 0.196 e. The number of anilines is 2. The minimum Gasteiger partial charge on any atom is -0.328 e. The number of carbonyl (C=O) groups excluding carboxylic acids is 1. The first-order valence-corrected chi connectivity index (χ1v) is 10.8. The molecule has 31 heavy (non-hydrogen) atoms. The summed E-state index contributed by atoms with van der Waals surface area (Å²) in [5, 5.41) is 18.9. The molecule has 2 heterocycles. The molecule has 4 rings (SSSR count). The third kappa shape index (κ3) is 3.57. The van der Waals surface area contributed by atoms with Crippen molar-refractivity contribution < 1.29 is 4.79 Å². The van der Waals surface area contributed by atoms with Crippen molar-refractivity contribution in [2.75, 3.05) is 29.6 Å². The normalized spacial score (nSPS) is 12.7. The topological polar surface area (TPSA) is 78.0 Å². The Morgan fingerprint density at radius 1 is 0.968 bits per heavy atom. The van der Waals surface area contributed by atoms with Gasteiger partial charge in [-0.2, -0.15) is 5.26 Å². The van der Waals surface area contributed by atoms with Gasteiger partial charge >= 0.3 is 0 Å². The van der Waals surface area contributed by atoms with E-state index in [0.717, 1.165) is 28.5 Å². The number of nitriles is 1. The lowest BCUT2D eigenvalue weighted by molar-refractivity contribution is -0.112. The average molecular weight is 431 g/mol. The average Bonchev–Trinajstić information content (AvgIpc) is 3.26.